The number of hydrogen-bond donors (Lipinski definition) is 2. The Morgan fingerprint density at radius 1 is 0.826 bits per heavy atom. The number of imide groups is 1. The van der Waals surface area contributed by atoms with Crippen LogP contribution in [-0.2, 0) is 43.0 Å². The van der Waals surface area contributed by atoms with E-state index in [1.54, 1.807) is 0 Å². The number of thioether (sulfide) groups is 1. The number of nitrogens with one attached hydrogen (secondary N) is 2. The van der Waals surface area contributed by atoms with Crippen molar-refractivity contribution >= 4 is 41.5 Å². The van der Waals surface area contributed by atoms with E-state index in [1.165, 1.54) is 19.3 Å². The molecule has 3 saturated heterocycles. The van der Waals surface area contributed by atoms with Gasteiger partial charge < -0.3 is 39.3 Å². The van der Waals surface area contributed by atoms with Crippen molar-refractivity contribution in [1.82, 2.24) is 20.6 Å². The number of amides is 5. The zero-order valence-electron chi connectivity index (χ0n) is 27.2. The van der Waals surface area contributed by atoms with Crippen LogP contribution in [0.5, 0.6) is 0 Å². The number of carbonyl (C=O) groups is 5. The highest BCUT2D eigenvalue weighted by molar-refractivity contribution is 8.00. The van der Waals surface area contributed by atoms with Gasteiger partial charge >= 0.3 is 12.0 Å². The number of carbonyl (C=O) groups excluding carboxylic acids is 5. The molecule has 2 N–H and O–H groups in total. The summed E-state index contributed by atoms with van der Waals surface area (Å²) in [6.07, 6.45) is 7.99. The number of hydrogen-bond acceptors (Lipinski definition) is 11. The van der Waals surface area contributed by atoms with Crippen LogP contribution in [0.3, 0.4) is 0 Å². The molecule has 46 heavy (non-hydrogen) atoms. The molecule has 3 atom stereocenters. The minimum Gasteiger partial charge on any atom is -0.378 e. The first kappa shape index (κ1) is 38.0. The second-order valence-corrected chi connectivity index (χ2v) is 12.8. The molecular formula is C31H52N4O10S. The Balaban J connectivity index is 1.05. The molecule has 2 unspecified atom stereocenters. The Morgan fingerprint density at radius 3 is 2.15 bits per heavy atom. The van der Waals surface area contributed by atoms with E-state index in [-0.39, 0.29) is 56.5 Å². The first-order valence-electron chi connectivity index (χ1n) is 16.7. The van der Waals surface area contributed by atoms with E-state index in [2.05, 4.69) is 22.5 Å². The molecule has 262 valence electrons. The van der Waals surface area contributed by atoms with Gasteiger partial charge in [0.05, 0.1) is 71.4 Å². The molecule has 0 aromatic carbocycles. The Hall–Kier alpha value is -2.46. The normalized spacial score (nSPS) is 20.8. The van der Waals surface area contributed by atoms with Crippen LogP contribution in [0.15, 0.2) is 0 Å². The number of hydroxylamine groups is 2. The van der Waals surface area contributed by atoms with E-state index in [9.17, 15) is 24.0 Å². The molecular weight excluding hydrogens is 620 g/mol. The third-order valence-corrected chi connectivity index (χ3v) is 9.44. The van der Waals surface area contributed by atoms with Crippen molar-refractivity contribution < 1.29 is 47.8 Å². The number of rotatable bonds is 26. The maximum Gasteiger partial charge on any atom is 0.335 e. The molecule has 3 heterocycles. The van der Waals surface area contributed by atoms with Crippen LogP contribution in [0.2, 0.25) is 0 Å². The number of urea groups is 1. The van der Waals surface area contributed by atoms with Gasteiger partial charge in [-0.2, -0.15) is 11.8 Å². The molecule has 3 fully saturated rings. The Morgan fingerprint density at radius 2 is 1.48 bits per heavy atom. The van der Waals surface area contributed by atoms with Gasteiger partial charge in [0.1, 0.15) is 0 Å². The van der Waals surface area contributed by atoms with Gasteiger partial charge in [0.25, 0.3) is 11.8 Å². The molecule has 3 aliphatic rings. The van der Waals surface area contributed by atoms with Gasteiger partial charge in [-0.25, -0.2) is 9.59 Å². The Bertz CT molecular complexity index is 958. The molecule has 15 heteroatoms. The summed E-state index contributed by atoms with van der Waals surface area (Å²) in [4.78, 5) is 65.9. The third-order valence-electron chi connectivity index (χ3n) is 7.94. The van der Waals surface area contributed by atoms with Crippen LogP contribution >= 0.6 is 11.8 Å². The van der Waals surface area contributed by atoms with E-state index >= 15 is 0 Å². The zero-order chi connectivity index (χ0) is 33.0. The maximum atomic E-state index is 12.5. The summed E-state index contributed by atoms with van der Waals surface area (Å²) in [5, 5.41) is 7.02. The van der Waals surface area contributed by atoms with Gasteiger partial charge in [0.2, 0.25) is 5.91 Å². The standard InChI is InChI=1S/C31H52N4O10S/c1-2-3-4-7-14-34-30-24(33-31(34)40)23-46-25(30)8-5-6-9-26(36)32-13-16-42-18-20-44-22-21-43-19-17-41-15-12-29(39)45-35-27(37)10-11-28(35)38/h24-25,30H,2-23H2,1H3,(H,32,36)(H,33,40)/t24?,25-,30?/m0/s1. The zero-order valence-corrected chi connectivity index (χ0v) is 28.0. The Kier molecular flexibility index (Phi) is 18.3. The topological polar surface area (TPSA) is 162 Å². The van der Waals surface area contributed by atoms with Crippen molar-refractivity contribution in [1.29, 1.82) is 0 Å². The van der Waals surface area contributed by atoms with Crippen molar-refractivity contribution in [3.05, 3.63) is 0 Å². The van der Waals surface area contributed by atoms with Crippen molar-refractivity contribution in [2.75, 3.05) is 71.7 Å². The molecule has 0 radical (unpaired) electrons. The van der Waals surface area contributed by atoms with Gasteiger partial charge in [-0.15, -0.1) is 5.06 Å². The van der Waals surface area contributed by atoms with Crippen molar-refractivity contribution in [2.24, 2.45) is 0 Å². The van der Waals surface area contributed by atoms with Gasteiger partial charge in [0.15, 0.2) is 0 Å². The molecule has 14 nitrogen and oxygen atoms in total. The molecule has 5 amide bonds. The smallest absolute Gasteiger partial charge is 0.335 e. The summed E-state index contributed by atoms with van der Waals surface area (Å²) in [5.41, 5.74) is 0. The number of fused-ring (bicyclic) bond motifs is 1. The average Bonchev–Trinajstić information content (AvgIpc) is 3.68. The number of unbranched alkanes of at least 4 members (excludes halogenated alkanes) is 4. The first-order chi connectivity index (χ1) is 22.4. The van der Waals surface area contributed by atoms with Crippen LogP contribution in [0.25, 0.3) is 0 Å². The quantitative estimate of drug-likeness (QED) is 0.0787. The van der Waals surface area contributed by atoms with Gasteiger partial charge in [-0.05, 0) is 19.3 Å². The van der Waals surface area contributed by atoms with Crippen LogP contribution < -0.4 is 10.6 Å². The molecule has 0 saturated carbocycles. The van der Waals surface area contributed by atoms with E-state index < -0.39 is 17.8 Å². The summed E-state index contributed by atoms with van der Waals surface area (Å²) in [7, 11) is 0. The monoisotopic (exact) mass is 672 g/mol. The fourth-order valence-electron chi connectivity index (χ4n) is 5.52. The lowest BCUT2D eigenvalue weighted by atomic mass is 10.0. The molecule has 3 aliphatic heterocycles. The van der Waals surface area contributed by atoms with Crippen molar-refractivity contribution in [3.8, 4) is 0 Å². The SMILES string of the molecule is CCCCCCN1C(=O)NC2CS[C@@H](CCCCC(=O)NCCOCCOCCOCCOCCC(=O)ON3C(=O)CCC3=O)C21. The van der Waals surface area contributed by atoms with Crippen LogP contribution in [0, 0.1) is 0 Å². The highest BCUT2D eigenvalue weighted by Crippen LogP contribution is 2.37. The van der Waals surface area contributed by atoms with E-state index in [0.29, 0.717) is 62.9 Å². The predicted octanol–water partition coefficient (Wildman–Crippen LogP) is 2.18. The van der Waals surface area contributed by atoms with Gasteiger partial charge in [-0.3, -0.25) is 14.4 Å². The minimum atomic E-state index is -0.701. The maximum absolute atomic E-state index is 12.5. The summed E-state index contributed by atoms with van der Waals surface area (Å²) in [6, 6.07) is 0.626. The summed E-state index contributed by atoms with van der Waals surface area (Å²) < 4.78 is 21.6. The molecule has 0 bridgehead atoms. The van der Waals surface area contributed by atoms with E-state index in [0.717, 1.165) is 38.0 Å². The molecule has 0 spiro atoms. The fourth-order valence-corrected chi connectivity index (χ4v) is 7.13. The van der Waals surface area contributed by atoms with Gasteiger partial charge in [0, 0.05) is 43.4 Å². The second kappa shape index (κ2) is 22.2. The average molecular weight is 673 g/mol. The summed E-state index contributed by atoms with van der Waals surface area (Å²) >= 11 is 1.95. The van der Waals surface area contributed by atoms with E-state index in [4.69, 9.17) is 23.8 Å². The second-order valence-electron chi connectivity index (χ2n) is 11.5. The van der Waals surface area contributed by atoms with Crippen molar-refractivity contribution in [3.63, 3.8) is 0 Å². The third kappa shape index (κ3) is 13.7. The fraction of sp³-hybridized carbons (Fsp3) is 0.839. The number of ether oxygens (including phenoxy) is 4. The highest BCUT2D eigenvalue weighted by Gasteiger charge is 2.47. The Labute approximate surface area is 276 Å². The van der Waals surface area contributed by atoms with E-state index in [1.807, 2.05) is 11.8 Å². The van der Waals surface area contributed by atoms with Crippen LogP contribution in [0.4, 0.5) is 4.79 Å². The predicted molar refractivity (Wildman–Crippen MR) is 170 cm³/mol. The lowest BCUT2D eigenvalue weighted by Gasteiger charge is -2.27. The first-order valence-corrected chi connectivity index (χ1v) is 17.8. The molecule has 0 aromatic heterocycles. The number of nitrogens with zero attached hydrogens (tertiary/aromatic N) is 2. The summed E-state index contributed by atoms with van der Waals surface area (Å²) in [5.74, 6) is -0.720. The molecule has 0 aliphatic carbocycles. The van der Waals surface area contributed by atoms with Gasteiger partial charge in [-0.1, -0.05) is 32.6 Å². The largest absolute Gasteiger partial charge is 0.378 e. The minimum absolute atomic E-state index is 0.0307. The van der Waals surface area contributed by atoms with Crippen LogP contribution in [-0.4, -0.2) is 129 Å². The lowest BCUT2D eigenvalue weighted by Crippen LogP contribution is -2.41. The summed E-state index contributed by atoms with van der Waals surface area (Å²) in [6.45, 7) is 6.21. The highest BCUT2D eigenvalue weighted by atomic mass is 32.2. The lowest BCUT2D eigenvalue weighted by molar-refractivity contribution is -0.198. The van der Waals surface area contributed by atoms with Crippen LogP contribution in [0.1, 0.15) is 77.6 Å². The molecule has 0 aromatic rings. The van der Waals surface area contributed by atoms with Crippen molar-refractivity contribution in [2.45, 2.75) is 94.9 Å². The molecule has 3 rings (SSSR count).